The number of phenols is 1. The van der Waals surface area contributed by atoms with Gasteiger partial charge in [0, 0.05) is 38.3 Å². The van der Waals surface area contributed by atoms with Crippen molar-refractivity contribution in [2.75, 3.05) is 31.1 Å². The average molecular weight is 235 g/mol. The third-order valence-electron chi connectivity index (χ3n) is 2.94. The van der Waals surface area contributed by atoms with Gasteiger partial charge in [-0.15, -0.1) is 0 Å². The lowest BCUT2D eigenvalue weighted by Gasteiger charge is -2.29. The van der Waals surface area contributed by atoms with Gasteiger partial charge in [-0.25, -0.2) is 4.79 Å². The van der Waals surface area contributed by atoms with Gasteiger partial charge < -0.3 is 19.7 Å². The minimum atomic E-state index is -0.498. The second-order valence-electron chi connectivity index (χ2n) is 4.09. The molecule has 0 amide bonds. The molecule has 0 atom stereocenters. The monoisotopic (exact) mass is 235 g/mol. The molecule has 0 spiro atoms. The first-order valence-electron chi connectivity index (χ1n) is 5.55. The molecular weight excluding hydrogens is 222 g/mol. The van der Waals surface area contributed by atoms with Gasteiger partial charge in [-0.2, -0.15) is 0 Å². The number of nitrogens with one attached hydrogen (secondary N) is 2. The Balaban J connectivity index is 2.15. The van der Waals surface area contributed by atoms with Crippen LogP contribution in [0.2, 0.25) is 0 Å². The number of piperazine rings is 1. The van der Waals surface area contributed by atoms with E-state index in [1.54, 1.807) is 6.07 Å². The highest BCUT2D eigenvalue weighted by molar-refractivity contribution is 5.88. The van der Waals surface area contributed by atoms with Crippen LogP contribution in [0.1, 0.15) is 0 Å². The van der Waals surface area contributed by atoms with Gasteiger partial charge in [0.15, 0.2) is 5.58 Å². The van der Waals surface area contributed by atoms with Crippen LogP contribution in [0.4, 0.5) is 5.69 Å². The van der Waals surface area contributed by atoms with E-state index in [0.717, 1.165) is 31.9 Å². The summed E-state index contributed by atoms with van der Waals surface area (Å²) >= 11 is 0. The molecule has 3 N–H and O–H groups in total. The van der Waals surface area contributed by atoms with E-state index in [-0.39, 0.29) is 5.75 Å². The molecule has 0 radical (unpaired) electrons. The summed E-state index contributed by atoms with van der Waals surface area (Å²) in [4.78, 5) is 15.8. The van der Waals surface area contributed by atoms with Crippen molar-refractivity contribution in [2.24, 2.45) is 0 Å². The van der Waals surface area contributed by atoms with E-state index in [0.29, 0.717) is 11.1 Å². The minimum absolute atomic E-state index is 0.128. The minimum Gasteiger partial charge on any atom is -0.508 e. The Kier molecular flexibility index (Phi) is 2.29. The molecule has 0 unspecified atom stereocenters. The number of hydrogen-bond acceptors (Lipinski definition) is 5. The number of nitrogens with zero attached hydrogens (tertiary/aromatic N) is 1. The number of H-pyrrole nitrogens is 1. The molecule has 1 saturated heterocycles. The highest BCUT2D eigenvalue weighted by Gasteiger charge is 2.17. The smallest absolute Gasteiger partial charge is 0.417 e. The van der Waals surface area contributed by atoms with Crippen LogP contribution in [-0.4, -0.2) is 36.3 Å². The summed E-state index contributed by atoms with van der Waals surface area (Å²) in [6.45, 7) is 3.42. The normalized spacial score (nSPS) is 16.6. The SMILES string of the molecule is O=c1[nH]c2cc(O)cc(N3CCNCC3)c2o1. The molecule has 17 heavy (non-hydrogen) atoms. The molecule has 1 fully saturated rings. The number of aromatic hydroxyl groups is 1. The Morgan fingerprint density at radius 2 is 2.06 bits per heavy atom. The largest absolute Gasteiger partial charge is 0.508 e. The fourth-order valence-corrected chi connectivity index (χ4v) is 2.17. The van der Waals surface area contributed by atoms with Gasteiger partial charge in [-0.3, -0.25) is 4.98 Å². The van der Waals surface area contributed by atoms with Crippen LogP contribution in [0.5, 0.6) is 5.75 Å². The summed E-state index contributed by atoms with van der Waals surface area (Å²) in [5.41, 5.74) is 1.80. The van der Waals surface area contributed by atoms with E-state index >= 15 is 0 Å². The lowest BCUT2D eigenvalue weighted by molar-refractivity contribution is 0.475. The number of fused-ring (bicyclic) bond motifs is 1. The van der Waals surface area contributed by atoms with Crippen LogP contribution in [-0.2, 0) is 0 Å². The Morgan fingerprint density at radius 3 is 2.82 bits per heavy atom. The number of oxazole rings is 1. The van der Waals surface area contributed by atoms with Gasteiger partial charge in [-0.1, -0.05) is 0 Å². The number of phenolic OH excluding ortho intramolecular Hbond substituents is 1. The number of aromatic amines is 1. The van der Waals surface area contributed by atoms with E-state index in [1.165, 1.54) is 6.07 Å². The number of hydrogen-bond donors (Lipinski definition) is 3. The van der Waals surface area contributed by atoms with Crippen LogP contribution < -0.4 is 16.0 Å². The highest BCUT2D eigenvalue weighted by Crippen LogP contribution is 2.30. The predicted molar refractivity (Wildman–Crippen MR) is 63.6 cm³/mol. The number of aromatic nitrogens is 1. The summed E-state index contributed by atoms with van der Waals surface area (Å²) in [5.74, 6) is -0.370. The van der Waals surface area contributed by atoms with Gasteiger partial charge in [0.1, 0.15) is 5.75 Å². The van der Waals surface area contributed by atoms with Crippen molar-refractivity contribution < 1.29 is 9.52 Å². The third kappa shape index (κ3) is 1.76. The molecule has 6 heteroatoms. The Morgan fingerprint density at radius 1 is 1.29 bits per heavy atom. The van der Waals surface area contributed by atoms with Crippen molar-refractivity contribution in [1.82, 2.24) is 10.3 Å². The van der Waals surface area contributed by atoms with E-state index in [9.17, 15) is 9.90 Å². The lowest BCUT2D eigenvalue weighted by atomic mass is 10.2. The van der Waals surface area contributed by atoms with E-state index in [2.05, 4.69) is 15.2 Å². The summed E-state index contributed by atoms with van der Waals surface area (Å²) in [7, 11) is 0. The Labute approximate surface area is 96.8 Å². The fourth-order valence-electron chi connectivity index (χ4n) is 2.17. The van der Waals surface area contributed by atoms with Crippen molar-refractivity contribution in [2.45, 2.75) is 0 Å². The molecule has 1 aliphatic heterocycles. The molecule has 2 aromatic rings. The van der Waals surface area contributed by atoms with Crippen LogP contribution in [0.25, 0.3) is 11.1 Å². The van der Waals surface area contributed by atoms with Crippen LogP contribution in [0, 0.1) is 0 Å². The first-order valence-corrected chi connectivity index (χ1v) is 5.55. The zero-order chi connectivity index (χ0) is 11.8. The van der Waals surface area contributed by atoms with E-state index in [1.807, 2.05) is 0 Å². The van der Waals surface area contributed by atoms with Crippen LogP contribution in [0.15, 0.2) is 21.3 Å². The van der Waals surface area contributed by atoms with Gasteiger partial charge in [-0.05, 0) is 0 Å². The maximum Gasteiger partial charge on any atom is 0.417 e. The molecule has 3 rings (SSSR count). The maximum absolute atomic E-state index is 11.2. The second kappa shape index (κ2) is 3.81. The molecule has 0 bridgehead atoms. The quantitative estimate of drug-likeness (QED) is 0.659. The Bertz CT molecular complexity index is 596. The molecule has 0 aliphatic carbocycles. The zero-order valence-corrected chi connectivity index (χ0v) is 9.19. The van der Waals surface area contributed by atoms with Crippen molar-refractivity contribution in [3.63, 3.8) is 0 Å². The molecule has 6 nitrogen and oxygen atoms in total. The maximum atomic E-state index is 11.2. The summed E-state index contributed by atoms with van der Waals surface area (Å²) < 4.78 is 5.12. The Hall–Kier alpha value is -1.95. The van der Waals surface area contributed by atoms with Gasteiger partial charge in [0.2, 0.25) is 0 Å². The zero-order valence-electron chi connectivity index (χ0n) is 9.19. The third-order valence-corrected chi connectivity index (χ3v) is 2.94. The number of anilines is 1. The number of rotatable bonds is 1. The van der Waals surface area contributed by atoms with E-state index < -0.39 is 5.76 Å². The fraction of sp³-hybridized carbons (Fsp3) is 0.364. The molecular formula is C11H13N3O3. The summed E-state index contributed by atoms with van der Waals surface area (Å²) in [6, 6.07) is 3.12. The van der Waals surface area contributed by atoms with Gasteiger partial charge in [0.25, 0.3) is 0 Å². The van der Waals surface area contributed by atoms with Crippen molar-refractivity contribution >= 4 is 16.8 Å². The summed E-state index contributed by atoms with van der Waals surface area (Å²) in [5, 5.41) is 12.9. The first kappa shape index (κ1) is 10.2. The standard InChI is InChI=1S/C11H13N3O3/c15-7-5-8-10(17-11(16)13-8)9(6-7)14-3-1-12-2-4-14/h5-6,12,15H,1-4H2,(H,13,16). The van der Waals surface area contributed by atoms with E-state index in [4.69, 9.17) is 4.42 Å². The predicted octanol–water partition coefficient (Wildman–Crippen LogP) is 0.236. The summed E-state index contributed by atoms with van der Waals surface area (Å²) in [6.07, 6.45) is 0. The lowest BCUT2D eigenvalue weighted by Crippen LogP contribution is -2.43. The topological polar surface area (TPSA) is 81.5 Å². The van der Waals surface area contributed by atoms with Crippen molar-refractivity contribution in [3.8, 4) is 5.75 Å². The number of benzene rings is 1. The van der Waals surface area contributed by atoms with Crippen molar-refractivity contribution in [1.29, 1.82) is 0 Å². The molecule has 0 saturated carbocycles. The molecule has 90 valence electrons. The van der Waals surface area contributed by atoms with Crippen LogP contribution >= 0.6 is 0 Å². The first-order chi connectivity index (χ1) is 8.24. The van der Waals surface area contributed by atoms with Gasteiger partial charge in [0.05, 0.1) is 11.2 Å². The molecule has 2 heterocycles. The average Bonchev–Trinajstić information content (AvgIpc) is 2.69. The molecule has 1 aromatic heterocycles. The van der Waals surface area contributed by atoms with Crippen LogP contribution in [0.3, 0.4) is 0 Å². The second-order valence-corrected chi connectivity index (χ2v) is 4.09. The molecule has 1 aromatic carbocycles. The molecule has 1 aliphatic rings. The van der Waals surface area contributed by atoms with Crippen molar-refractivity contribution in [3.05, 3.63) is 22.7 Å². The highest BCUT2D eigenvalue weighted by atomic mass is 16.4. The van der Waals surface area contributed by atoms with Gasteiger partial charge >= 0.3 is 5.76 Å².